The fraction of sp³-hybridized carbons (Fsp3) is 0.189. The van der Waals surface area contributed by atoms with E-state index < -0.39 is 41.7 Å². The van der Waals surface area contributed by atoms with E-state index in [1.807, 2.05) is 73.4 Å². The number of rotatable bonds is 12. The molecule has 50 heavy (non-hydrogen) atoms. The van der Waals surface area contributed by atoms with Crippen LogP contribution in [-0.4, -0.2) is 45.5 Å². The first-order valence-electron chi connectivity index (χ1n) is 15.7. The van der Waals surface area contributed by atoms with Gasteiger partial charge in [-0.05, 0) is 77.6 Å². The molecule has 0 fully saturated rings. The highest BCUT2D eigenvalue weighted by Crippen LogP contribution is 2.40. The summed E-state index contributed by atoms with van der Waals surface area (Å²) in [4.78, 5) is 1.39. The smallest absolute Gasteiger partial charge is 0.294 e. The van der Waals surface area contributed by atoms with Crippen LogP contribution in [0.4, 0.5) is 5.69 Å². The van der Waals surface area contributed by atoms with Crippen molar-refractivity contribution < 1.29 is 38.9 Å². The molecule has 13 heteroatoms. The number of nitrogens with zero attached hydrogens (tertiary/aromatic N) is 1. The lowest BCUT2D eigenvalue weighted by molar-refractivity contribution is 0.477. The van der Waals surface area contributed by atoms with Gasteiger partial charge in [0.1, 0.15) is 0 Å². The van der Waals surface area contributed by atoms with Crippen LogP contribution >= 0.6 is 0 Å². The van der Waals surface area contributed by atoms with E-state index >= 15 is 0 Å². The van der Waals surface area contributed by atoms with E-state index in [2.05, 4.69) is 0 Å². The topological polar surface area (TPSA) is 166 Å². The van der Waals surface area contributed by atoms with Crippen LogP contribution < -0.4 is 4.90 Å². The summed E-state index contributed by atoms with van der Waals surface area (Å²) >= 11 is 0. The molecule has 3 N–H and O–H groups in total. The van der Waals surface area contributed by atoms with Crippen molar-refractivity contribution in [3.8, 4) is 0 Å². The summed E-state index contributed by atoms with van der Waals surface area (Å²) in [5, 5.41) is 0. The highest BCUT2D eigenvalue weighted by Gasteiger charge is 2.32. The fourth-order valence-corrected chi connectivity index (χ4v) is 8.31. The Hall–Kier alpha value is -4.37. The molecular formula is C37H37NO9S3. The van der Waals surface area contributed by atoms with E-state index in [9.17, 15) is 38.9 Å². The first-order chi connectivity index (χ1) is 23.6. The van der Waals surface area contributed by atoms with Gasteiger partial charge in [-0.2, -0.15) is 25.3 Å². The van der Waals surface area contributed by atoms with Gasteiger partial charge in [-0.15, -0.1) is 0 Å². The van der Waals surface area contributed by atoms with Gasteiger partial charge < -0.3 is 4.90 Å². The Kier molecular flexibility index (Phi) is 10.7. The van der Waals surface area contributed by atoms with Crippen molar-refractivity contribution in [2.45, 2.75) is 52.8 Å². The summed E-state index contributed by atoms with van der Waals surface area (Å²) in [6, 6.07) is 26.0. The number of anilines is 1. The Balaban J connectivity index is 1.54. The second kappa shape index (κ2) is 14.5. The third-order valence-corrected chi connectivity index (χ3v) is 11.5. The van der Waals surface area contributed by atoms with Crippen LogP contribution in [0.25, 0.3) is 0 Å². The zero-order valence-corrected chi connectivity index (χ0v) is 29.7. The lowest BCUT2D eigenvalue weighted by Gasteiger charge is -2.31. The third kappa shape index (κ3) is 8.15. The number of allylic oxidation sites excluding steroid dienone is 6. The normalized spacial score (nSPS) is 17.0. The molecule has 4 aromatic carbocycles. The molecule has 0 spiro atoms. The van der Waals surface area contributed by atoms with Gasteiger partial charge in [0.25, 0.3) is 30.4 Å². The maximum atomic E-state index is 12.5. The zero-order valence-electron chi connectivity index (χ0n) is 27.3. The highest BCUT2D eigenvalue weighted by atomic mass is 32.2. The van der Waals surface area contributed by atoms with Gasteiger partial charge in [-0.3, -0.25) is 13.7 Å². The Bertz CT molecular complexity index is 2300. The molecule has 0 radical (unpaired) electrons. The van der Waals surface area contributed by atoms with Crippen LogP contribution in [0.2, 0.25) is 0 Å². The number of benzene rings is 4. The predicted octanol–water partition coefficient (Wildman–Crippen LogP) is 6.99. The molecule has 0 aromatic heterocycles. The van der Waals surface area contributed by atoms with Crippen molar-refractivity contribution in [2.75, 3.05) is 11.4 Å². The minimum Gasteiger partial charge on any atom is -0.367 e. The van der Waals surface area contributed by atoms with Crippen LogP contribution in [0, 0.1) is 0 Å². The molecule has 0 saturated heterocycles. The molecular weight excluding hydrogens is 699 g/mol. The minimum atomic E-state index is -4.59. The average molecular weight is 736 g/mol. The minimum absolute atomic E-state index is 0.184. The molecule has 0 saturated carbocycles. The Labute approximate surface area is 293 Å². The van der Waals surface area contributed by atoms with Gasteiger partial charge >= 0.3 is 0 Å². The van der Waals surface area contributed by atoms with Gasteiger partial charge in [-0.25, -0.2) is 0 Å². The van der Waals surface area contributed by atoms with Crippen molar-refractivity contribution >= 4 is 36.0 Å². The molecule has 0 bridgehead atoms. The van der Waals surface area contributed by atoms with Crippen LogP contribution in [0.1, 0.15) is 48.4 Å². The first-order valence-corrected chi connectivity index (χ1v) is 20.0. The molecule has 0 heterocycles. The van der Waals surface area contributed by atoms with Crippen LogP contribution in [0.5, 0.6) is 0 Å². The van der Waals surface area contributed by atoms with Crippen LogP contribution in [0.15, 0.2) is 148 Å². The maximum Gasteiger partial charge on any atom is 0.294 e. The molecule has 262 valence electrons. The lowest BCUT2D eigenvalue weighted by atomic mass is 9.74. The summed E-state index contributed by atoms with van der Waals surface area (Å²) in [7, 11) is -13.4. The lowest BCUT2D eigenvalue weighted by Crippen LogP contribution is -2.24. The van der Waals surface area contributed by atoms with Gasteiger partial charge in [0, 0.05) is 30.1 Å². The summed E-state index contributed by atoms with van der Waals surface area (Å²) in [6.07, 6.45) is 9.70. The molecule has 1 aliphatic carbocycles. The average Bonchev–Trinajstić information content (AvgIpc) is 3.09. The van der Waals surface area contributed by atoms with Gasteiger partial charge in [0.2, 0.25) is 0 Å². The van der Waals surface area contributed by atoms with Crippen molar-refractivity contribution in [2.24, 2.45) is 0 Å². The third-order valence-electron chi connectivity index (χ3n) is 8.86. The largest absolute Gasteiger partial charge is 0.367 e. The van der Waals surface area contributed by atoms with Crippen LogP contribution in [0.3, 0.4) is 0 Å². The van der Waals surface area contributed by atoms with Crippen molar-refractivity contribution in [1.82, 2.24) is 0 Å². The summed E-state index contributed by atoms with van der Waals surface area (Å²) < 4.78 is 102. The summed E-state index contributed by atoms with van der Waals surface area (Å²) in [5.74, 6) is -0.646. The Morgan fingerprint density at radius 1 is 0.700 bits per heavy atom. The van der Waals surface area contributed by atoms with E-state index in [4.69, 9.17) is 0 Å². The van der Waals surface area contributed by atoms with Gasteiger partial charge in [0.15, 0.2) is 0 Å². The number of hydrogen-bond donors (Lipinski definition) is 3. The second-order valence-electron chi connectivity index (χ2n) is 11.9. The van der Waals surface area contributed by atoms with E-state index in [-0.39, 0.29) is 14.7 Å². The molecule has 0 aliphatic heterocycles. The molecule has 10 nitrogen and oxygen atoms in total. The Morgan fingerprint density at radius 2 is 1.30 bits per heavy atom. The van der Waals surface area contributed by atoms with Gasteiger partial charge in [0.05, 0.1) is 14.7 Å². The maximum absolute atomic E-state index is 12.5. The van der Waals surface area contributed by atoms with E-state index in [1.54, 1.807) is 42.5 Å². The van der Waals surface area contributed by atoms with Crippen molar-refractivity contribution in [3.05, 3.63) is 155 Å². The van der Waals surface area contributed by atoms with Crippen LogP contribution in [-0.2, 0) is 42.3 Å². The van der Waals surface area contributed by atoms with Crippen molar-refractivity contribution in [1.29, 1.82) is 0 Å². The monoisotopic (exact) mass is 735 g/mol. The zero-order chi connectivity index (χ0) is 36.3. The summed E-state index contributed by atoms with van der Waals surface area (Å²) in [6.45, 7) is 4.78. The quantitative estimate of drug-likeness (QED) is 0.129. The SMILES string of the molecule is CCN(Cc1cccc(S(=O)(=O)O)c1)c1ccc(C(C=C2C=CC(CC)(c3ccccc3S(=O)(=O)O)C=C2)c2ccccc2S(=O)(=O)O)cc1. The van der Waals surface area contributed by atoms with E-state index in [0.29, 0.717) is 47.3 Å². The molecule has 5 rings (SSSR count). The predicted molar refractivity (Wildman–Crippen MR) is 192 cm³/mol. The molecule has 1 aliphatic rings. The Morgan fingerprint density at radius 3 is 1.88 bits per heavy atom. The second-order valence-corrected chi connectivity index (χ2v) is 16.1. The number of hydrogen-bond acceptors (Lipinski definition) is 7. The molecule has 1 atom stereocenters. The highest BCUT2D eigenvalue weighted by molar-refractivity contribution is 7.86. The van der Waals surface area contributed by atoms with E-state index in [0.717, 1.165) is 5.69 Å². The fourth-order valence-electron chi connectivity index (χ4n) is 6.23. The molecule has 1 unspecified atom stereocenters. The summed E-state index contributed by atoms with van der Waals surface area (Å²) in [5.41, 5.74) is 2.83. The molecule has 4 aromatic rings. The first kappa shape index (κ1) is 36.9. The standard InChI is InChI=1S/C37H37NO9S3/c1-3-37(34-13-6-8-15-36(34)50(45,46)47)22-20-27(21-23-37)25-33(32-12-5-7-14-35(32)49(42,43)44)29-16-18-30(19-17-29)38(4-2)26-28-10-9-11-31(24-28)48(39,40)41/h5-25,33H,3-4,26H2,1-2H3,(H,39,40,41)(H,42,43,44)(H,45,46,47). The van der Waals surface area contributed by atoms with E-state index in [1.165, 1.54) is 30.3 Å². The molecule has 0 amide bonds. The van der Waals surface area contributed by atoms with Gasteiger partial charge in [-0.1, -0.05) is 98.0 Å². The van der Waals surface area contributed by atoms with Crippen molar-refractivity contribution in [3.63, 3.8) is 0 Å².